The van der Waals surface area contributed by atoms with E-state index in [9.17, 15) is 9.59 Å². The molecule has 1 aromatic heterocycles. The van der Waals surface area contributed by atoms with Crippen molar-refractivity contribution in [3.8, 4) is 11.5 Å². The van der Waals surface area contributed by atoms with Crippen LogP contribution in [0.25, 0.3) is 0 Å². The van der Waals surface area contributed by atoms with Crippen LogP contribution in [-0.2, 0) is 11.8 Å². The summed E-state index contributed by atoms with van der Waals surface area (Å²) in [6.07, 6.45) is 0. The van der Waals surface area contributed by atoms with E-state index < -0.39 is 6.04 Å². The van der Waals surface area contributed by atoms with E-state index in [1.165, 1.54) is 14.2 Å². The maximum absolute atomic E-state index is 13.1. The summed E-state index contributed by atoms with van der Waals surface area (Å²) >= 11 is 0. The molecule has 0 saturated heterocycles. The van der Waals surface area contributed by atoms with E-state index in [2.05, 4.69) is 15.7 Å². The minimum atomic E-state index is -0.807. The van der Waals surface area contributed by atoms with E-state index in [4.69, 9.17) is 9.47 Å². The van der Waals surface area contributed by atoms with Gasteiger partial charge in [-0.1, -0.05) is 30.3 Å². The molecule has 0 unspecified atom stereocenters. The molecule has 4 rings (SSSR count). The molecule has 1 aliphatic heterocycles. The van der Waals surface area contributed by atoms with Crippen molar-refractivity contribution in [1.82, 2.24) is 15.1 Å². The number of ether oxygens (including phenoxy) is 2. The minimum Gasteiger partial charge on any atom is -0.493 e. The van der Waals surface area contributed by atoms with Crippen LogP contribution < -0.4 is 20.1 Å². The van der Waals surface area contributed by atoms with E-state index in [0.717, 1.165) is 16.8 Å². The fourth-order valence-electron chi connectivity index (χ4n) is 4.08. The molecule has 0 aliphatic carbocycles. The topological polar surface area (TPSA) is 94.5 Å². The third-order valence-corrected chi connectivity index (χ3v) is 5.53. The first-order chi connectivity index (χ1) is 14.9. The van der Waals surface area contributed by atoms with Crippen LogP contribution in [-0.4, -0.2) is 41.9 Å². The van der Waals surface area contributed by atoms with Gasteiger partial charge in [-0.05, 0) is 30.7 Å². The third-order valence-electron chi connectivity index (χ3n) is 5.53. The lowest BCUT2D eigenvalue weighted by atomic mass is 9.82. The summed E-state index contributed by atoms with van der Waals surface area (Å²) in [5.41, 5.74) is 2.99. The molecule has 160 valence electrons. The summed E-state index contributed by atoms with van der Waals surface area (Å²) in [4.78, 5) is 26.2. The lowest BCUT2D eigenvalue weighted by Crippen LogP contribution is -2.50. The lowest BCUT2D eigenvalue weighted by molar-refractivity contribution is -0.118. The van der Waals surface area contributed by atoms with Crippen LogP contribution in [0.4, 0.5) is 5.82 Å². The quantitative estimate of drug-likeness (QED) is 0.662. The fraction of sp³-hybridized carbons (Fsp3) is 0.261. The van der Waals surface area contributed by atoms with Crippen molar-refractivity contribution < 1.29 is 19.1 Å². The molecule has 2 amide bonds. The second-order valence-corrected chi connectivity index (χ2v) is 7.37. The number of aromatic nitrogens is 2. The van der Waals surface area contributed by atoms with Crippen molar-refractivity contribution in [2.24, 2.45) is 7.05 Å². The van der Waals surface area contributed by atoms with Crippen LogP contribution >= 0.6 is 0 Å². The highest BCUT2D eigenvalue weighted by atomic mass is 16.5. The van der Waals surface area contributed by atoms with Gasteiger partial charge in [0.05, 0.1) is 19.9 Å². The van der Waals surface area contributed by atoms with Crippen LogP contribution in [0.1, 0.15) is 33.1 Å². The van der Waals surface area contributed by atoms with E-state index in [1.54, 1.807) is 29.9 Å². The minimum absolute atomic E-state index is 0.293. The van der Waals surface area contributed by atoms with Crippen LogP contribution in [0.15, 0.2) is 48.5 Å². The zero-order valence-electron chi connectivity index (χ0n) is 17.8. The number of nitrogens with zero attached hydrogens (tertiary/aromatic N) is 2. The monoisotopic (exact) mass is 420 g/mol. The maximum atomic E-state index is 13.1. The Hall–Kier alpha value is -3.81. The SMILES string of the molecule is COc1ccc(C(=O)N[C@@H]2C(=O)Nc3c(c(C)nn3C)[C@H]2c2ccccc2)cc1OC. The van der Waals surface area contributed by atoms with Gasteiger partial charge in [-0.3, -0.25) is 14.3 Å². The largest absolute Gasteiger partial charge is 0.493 e. The summed E-state index contributed by atoms with van der Waals surface area (Å²) < 4.78 is 12.2. The average Bonchev–Trinajstić information content (AvgIpc) is 3.06. The van der Waals surface area contributed by atoms with Crippen molar-refractivity contribution in [1.29, 1.82) is 0 Å². The number of carbonyl (C=O) groups is 2. The predicted octanol–water partition coefficient (Wildman–Crippen LogP) is 2.63. The first-order valence-electron chi connectivity index (χ1n) is 9.86. The highest BCUT2D eigenvalue weighted by Gasteiger charge is 2.41. The van der Waals surface area contributed by atoms with Crippen molar-refractivity contribution in [2.45, 2.75) is 18.9 Å². The molecule has 0 fully saturated rings. The Morgan fingerprint density at radius 2 is 1.81 bits per heavy atom. The van der Waals surface area contributed by atoms with Crippen LogP contribution in [0.5, 0.6) is 11.5 Å². The molecule has 1 aliphatic rings. The number of rotatable bonds is 5. The van der Waals surface area contributed by atoms with Crippen LogP contribution in [0, 0.1) is 6.92 Å². The second-order valence-electron chi connectivity index (χ2n) is 7.37. The Morgan fingerprint density at radius 3 is 2.48 bits per heavy atom. The van der Waals surface area contributed by atoms with Gasteiger partial charge in [0.2, 0.25) is 5.91 Å². The van der Waals surface area contributed by atoms with Crippen molar-refractivity contribution >= 4 is 17.6 Å². The van der Waals surface area contributed by atoms with E-state index in [1.807, 2.05) is 37.3 Å². The third kappa shape index (κ3) is 3.61. The molecule has 3 aromatic rings. The summed E-state index contributed by atoms with van der Waals surface area (Å²) in [7, 11) is 4.82. The second kappa shape index (κ2) is 8.14. The number of anilines is 1. The van der Waals surface area contributed by atoms with Crippen LogP contribution in [0.3, 0.4) is 0 Å². The van der Waals surface area contributed by atoms with E-state index >= 15 is 0 Å². The Labute approximate surface area is 180 Å². The van der Waals surface area contributed by atoms with Gasteiger partial charge < -0.3 is 20.1 Å². The van der Waals surface area contributed by atoms with Gasteiger partial charge in [0, 0.05) is 24.1 Å². The number of amides is 2. The molecule has 8 heteroatoms. The number of hydrogen-bond acceptors (Lipinski definition) is 5. The number of fused-ring (bicyclic) bond motifs is 1. The summed E-state index contributed by atoms with van der Waals surface area (Å²) in [5.74, 6) is 0.557. The Bertz CT molecular complexity index is 1140. The zero-order valence-corrected chi connectivity index (χ0v) is 17.8. The van der Waals surface area contributed by atoms with Crippen LogP contribution in [0.2, 0.25) is 0 Å². The van der Waals surface area contributed by atoms with Gasteiger partial charge in [0.15, 0.2) is 11.5 Å². The Balaban J connectivity index is 1.73. The maximum Gasteiger partial charge on any atom is 0.252 e. The molecule has 31 heavy (non-hydrogen) atoms. The van der Waals surface area contributed by atoms with E-state index in [-0.39, 0.29) is 17.7 Å². The molecular formula is C23H24N4O4. The molecule has 0 radical (unpaired) electrons. The summed E-state index contributed by atoms with van der Waals surface area (Å²) in [6.45, 7) is 1.90. The van der Waals surface area contributed by atoms with Gasteiger partial charge in [0.25, 0.3) is 5.91 Å². The molecule has 2 atom stereocenters. The number of methoxy groups -OCH3 is 2. The zero-order chi connectivity index (χ0) is 22.1. The standard InChI is InChI=1S/C23H24N4O4/c1-13-18-19(14-8-6-5-7-9-14)20(23(29)25-21(18)27(2)26-13)24-22(28)15-10-11-16(30-3)17(12-15)31-4/h5-12,19-20H,1-4H3,(H,24,28)(H,25,29)/t19-,20+/m1/s1. The number of carbonyl (C=O) groups excluding carboxylic acids is 2. The molecule has 2 aromatic carbocycles. The number of aryl methyl sites for hydroxylation is 2. The molecule has 0 spiro atoms. The van der Waals surface area contributed by atoms with Crippen molar-refractivity contribution in [3.63, 3.8) is 0 Å². The number of hydrogen-bond donors (Lipinski definition) is 2. The lowest BCUT2D eigenvalue weighted by Gasteiger charge is -2.32. The first kappa shape index (κ1) is 20.5. The highest BCUT2D eigenvalue weighted by molar-refractivity contribution is 6.04. The van der Waals surface area contributed by atoms with Gasteiger partial charge in [-0.15, -0.1) is 0 Å². The van der Waals surface area contributed by atoms with E-state index in [0.29, 0.717) is 22.9 Å². The highest BCUT2D eigenvalue weighted by Crippen LogP contribution is 2.39. The predicted molar refractivity (Wildman–Crippen MR) is 116 cm³/mol. The summed E-state index contributed by atoms with van der Waals surface area (Å²) in [5, 5.41) is 10.3. The van der Waals surface area contributed by atoms with Crippen molar-refractivity contribution in [3.05, 3.63) is 70.9 Å². The number of nitrogens with one attached hydrogen (secondary N) is 2. The molecule has 0 bridgehead atoms. The Kier molecular flexibility index (Phi) is 5.37. The van der Waals surface area contributed by atoms with Gasteiger partial charge in [-0.2, -0.15) is 5.10 Å². The normalized spacial score (nSPS) is 17.5. The smallest absolute Gasteiger partial charge is 0.252 e. The average molecular weight is 420 g/mol. The molecular weight excluding hydrogens is 396 g/mol. The molecule has 2 N–H and O–H groups in total. The van der Waals surface area contributed by atoms with Gasteiger partial charge in [-0.25, -0.2) is 0 Å². The molecule has 8 nitrogen and oxygen atoms in total. The molecule has 0 saturated carbocycles. The fourth-order valence-corrected chi connectivity index (χ4v) is 4.08. The summed E-state index contributed by atoms with van der Waals surface area (Å²) in [6, 6.07) is 13.7. The number of benzene rings is 2. The molecule has 2 heterocycles. The Morgan fingerprint density at radius 1 is 1.10 bits per heavy atom. The van der Waals surface area contributed by atoms with Gasteiger partial charge in [0.1, 0.15) is 11.9 Å². The van der Waals surface area contributed by atoms with Gasteiger partial charge >= 0.3 is 0 Å². The first-order valence-corrected chi connectivity index (χ1v) is 9.86. The van der Waals surface area contributed by atoms with Crippen molar-refractivity contribution in [2.75, 3.05) is 19.5 Å².